The largest absolute Gasteiger partial charge is 0.478 e. The van der Waals surface area contributed by atoms with Crippen molar-refractivity contribution in [3.63, 3.8) is 0 Å². The van der Waals surface area contributed by atoms with Crippen LogP contribution in [0.3, 0.4) is 0 Å². The molecule has 29 heavy (non-hydrogen) atoms. The highest BCUT2D eigenvalue weighted by atomic mass is 79.9. The first-order valence-electron chi connectivity index (χ1n) is 9.19. The van der Waals surface area contributed by atoms with Crippen LogP contribution in [0.2, 0.25) is 0 Å². The van der Waals surface area contributed by atoms with Crippen molar-refractivity contribution in [3.05, 3.63) is 56.3 Å². The fraction of sp³-hybridized carbons (Fsp3) is 0.368. The number of likely N-dealkylation sites (tertiary alicyclic amines) is 1. The first-order chi connectivity index (χ1) is 13.9. The van der Waals surface area contributed by atoms with E-state index in [-0.39, 0.29) is 23.0 Å². The maximum atomic E-state index is 11.6. The minimum absolute atomic E-state index is 0.0522. The average molecular weight is 464 g/mol. The van der Waals surface area contributed by atoms with E-state index in [0.717, 1.165) is 30.6 Å². The van der Waals surface area contributed by atoms with Gasteiger partial charge in [-0.25, -0.2) is 4.79 Å². The lowest BCUT2D eigenvalue weighted by Gasteiger charge is -2.33. The highest BCUT2D eigenvalue weighted by Crippen LogP contribution is 2.34. The number of carbonyl (C=O) groups is 1. The van der Waals surface area contributed by atoms with Crippen molar-refractivity contribution in [3.8, 4) is 0 Å². The van der Waals surface area contributed by atoms with Gasteiger partial charge in [-0.2, -0.15) is 0 Å². The van der Waals surface area contributed by atoms with Gasteiger partial charge in [-0.05, 0) is 37.1 Å². The van der Waals surface area contributed by atoms with Crippen molar-refractivity contribution in [1.82, 2.24) is 9.88 Å². The molecule has 1 saturated heterocycles. The van der Waals surface area contributed by atoms with Gasteiger partial charge in [-0.3, -0.25) is 20.0 Å². The van der Waals surface area contributed by atoms with Crippen LogP contribution in [0.4, 0.5) is 17.1 Å². The topological polar surface area (TPSA) is 121 Å². The molecule has 2 aromatic rings. The van der Waals surface area contributed by atoms with E-state index in [2.05, 4.69) is 36.4 Å². The molecule has 2 heterocycles. The molecule has 0 amide bonds. The first kappa shape index (κ1) is 21.0. The molecule has 10 heteroatoms. The van der Waals surface area contributed by atoms with E-state index in [1.165, 1.54) is 12.1 Å². The van der Waals surface area contributed by atoms with Crippen LogP contribution in [-0.4, -0.2) is 52.1 Å². The Labute approximate surface area is 176 Å². The monoisotopic (exact) mass is 463 g/mol. The summed E-state index contributed by atoms with van der Waals surface area (Å²) < 4.78 is 0.356. The third-order valence-corrected chi connectivity index (χ3v) is 5.31. The Balaban J connectivity index is 1.78. The maximum absolute atomic E-state index is 11.6. The molecule has 154 valence electrons. The summed E-state index contributed by atoms with van der Waals surface area (Å²) in [6, 6.07) is 4.64. The zero-order valence-electron chi connectivity index (χ0n) is 15.9. The molecular formula is C19H22BrN5O4. The van der Waals surface area contributed by atoms with Crippen molar-refractivity contribution in [2.24, 2.45) is 0 Å². The summed E-state index contributed by atoms with van der Waals surface area (Å²) in [6.07, 6.45) is 5.28. The maximum Gasteiger partial charge on any atom is 0.338 e. The summed E-state index contributed by atoms with van der Waals surface area (Å²) >= 11 is 3.15. The van der Waals surface area contributed by atoms with Crippen molar-refractivity contribution < 1.29 is 14.8 Å². The quantitative estimate of drug-likeness (QED) is 0.420. The summed E-state index contributed by atoms with van der Waals surface area (Å²) in [5, 5.41) is 27.2. The number of carboxylic acids is 1. The summed E-state index contributed by atoms with van der Waals surface area (Å²) in [6.45, 7) is 2.25. The van der Waals surface area contributed by atoms with Crippen LogP contribution >= 0.6 is 15.9 Å². The molecule has 1 aromatic carbocycles. The number of hydrogen-bond acceptors (Lipinski definition) is 7. The molecule has 1 aliphatic heterocycles. The third kappa shape index (κ3) is 5.21. The van der Waals surface area contributed by atoms with Crippen molar-refractivity contribution in [2.75, 3.05) is 30.8 Å². The van der Waals surface area contributed by atoms with Gasteiger partial charge in [0.1, 0.15) is 5.69 Å². The molecule has 1 aromatic heterocycles. The summed E-state index contributed by atoms with van der Waals surface area (Å²) in [5.41, 5.74) is 1.69. The molecule has 1 atom stereocenters. The number of halogens is 1. The lowest BCUT2D eigenvalue weighted by molar-refractivity contribution is -0.384. The van der Waals surface area contributed by atoms with Crippen molar-refractivity contribution >= 4 is 39.0 Å². The molecule has 0 aliphatic carbocycles. The second kappa shape index (κ2) is 9.19. The van der Waals surface area contributed by atoms with Gasteiger partial charge in [-0.15, -0.1) is 0 Å². The van der Waals surface area contributed by atoms with E-state index in [9.17, 15) is 20.0 Å². The summed E-state index contributed by atoms with van der Waals surface area (Å²) in [4.78, 5) is 29.0. The SMILES string of the molecule is CNc1cncc(CN2CCCC(Nc3c(C(=O)O)cc(Br)cc3[N+](=O)[O-])C2)c1. The molecule has 0 spiro atoms. The molecule has 1 fully saturated rings. The molecule has 1 unspecified atom stereocenters. The standard InChI is InChI=1S/C19H22BrN5O4/c1-21-15-5-12(8-22-9-15)10-24-4-2-3-14(11-24)23-18-16(19(26)27)6-13(20)7-17(18)25(28)29/h5-9,14,21,23H,2-4,10-11H2,1H3,(H,26,27). The summed E-state index contributed by atoms with van der Waals surface area (Å²) in [7, 11) is 1.84. The minimum atomic E-state index is -1.21. The number of nitro groups is 1. The van der Waals surface area contributed by atoms with Crippen molar-refractivity contribution in [2.45, 2.75) is 25.4 Å². The number of nitrogens with one attached hydrogen (secondary N) is 2. The van der Waals surface area contributed by atoms with Gasteiger partial charge in [0, 0.05) is 49.1 Å². The smallest absolute Gasteiger partial charge is 0.338 e. The van der Waals surface area contributed by atoms with Crippen LogP contribution in [0.1, 0.15) is 28.8 Å². The van der Waals surface area contributed by atoms with Gasteiger partial charge >= 0.3 is 5.97 Å². The van der Waals surface area contributed by atoms with E-state index in [4.69, 9.17) is 0 Å². The predicted octanol–water partition coefficient (Wildman–Crippen LogP) is 3.57. The van der Waals surface area contributed by atoms with E-state index in [0.29, 0.717) is 17.6 Å². The normalized spacial score (nSPS) is 17.0. The second-order valence-corrected chi connectivity index (χ2v) is 7.88. The Morgan fingerprint density at radius 3 is 2.90 bits per heavy atom. The van der Waals surface area contributed by atoms with Crippen LogP contribution in [0.25, 0.3) is 0 Å². The number of nitro benzene ring substituents is 1. The number of piperidine rings is 1. The van der Waals surface area contributed by atoms with Gasteiger partial charge in [0.25, 0.3) is 5.69 Å². The number of benzene rings is 1. The van der Waals surface area contributed by atoms with E-state index >= 15 is 0 Å². The number of rotatable bonds is 7. The van der Waals surface area contributed by atoms with Crippen LogP contribution in [0.15, 0.2) is 35.1 Å². The Morgan fingerprint density at radius 1 is 1.41 bits per heavy atom. The molecule has 3 N–H and O–H groups in total. The zero-order valence-corrected chi connectivity index (χ0v) is 17.5. The predicted molar refractivity (Wildman–Crippen MR) is 113 cm³/mol. The number of pyridine rings is 1. The number of anilines is 2. The molecule has 9 nitrogen and oxygen atoms in total. The fourth-order valence-corrected chi connectivity index (χ4v) is 3.99. The van der Waals surface area contributed by atoms with E-state index < -0.39 is 10.9 Å². The van der Waals surface area contributed by atoms with Crippen molar-refractivity contribution in [1.29, 1.82) is 0 Å². The minimum Gasteiger partial charge on any atom is -0.478 e. The highest BCUT2D eigenvalue weighted by molar-refractivity contribution is 9.10. The lowest BCUT2D eigenvalue weighted by Crippen LogP contribution is -2.42. The molecule has 3 rings (SSSR count). The molecular weight excluding hydrogens is 442 g/mol. The van der Waals surface area contributed by atoms with E-state index in [1.54, 1.807) is 6.20 Å². The highest BCUT2D eigenvalue weighted by Gasteiger charge is 2.27. The number of aromatic carboxylic acids is 1. The van der Waals surface area contributed by atoms with Gasteiger partial charge in [-0.1, -0.05) is 15.9 Å². The molecule has 0 saturated carbocycles. The molecule has 0 bridgehead atoms. The van der Waals surface area contributed by atoms with Gasteiger partial charge in [0.15, 0.2) is 0 Å². The van der Waals surface area contributed by atoms with Gasteiger partial charge in [0.05, 0.1) is 16.2 Å². The zero-order chi connectivity index (χ0) is 21.0. The second-order valence-electron chi connectivity index (χ2n) is 6.96. The number of aromatic nitrogens is 1. The Bertz CT molecular complexity index is 888. The van der Waals surface area contributed by atoms with Crippen LogP contribution in [-0.2, 0) is 6.54 Å². The van der Waals surface area contributed by atoms with Crippen LogP contribution in [0, 0.1) is 10.1 Å². The third-order valence-electron chi connectivity index (χ3n) is 4.85. The summed E-state index contributed by atoms with van der Waals surface area (Å²) in [5.74, 6) is -1.21. The van der Waals surface area contributed by atoms with E-state index in [1.807, 2.05) is 19.3 Å². The Kier molecular flexibility index (Phi) is 6.65. The molecule has 1 aliphatic rings. The lowest BCUT2D eigenvalue weighted by atomic mass is 10.0. The van der Waals surface area contributed by atoms with Crippen LogP contribution < -0.4 is 10.6 Å². The Morgan fingerprint density at radius 2 is 2.21 bits per heavy atom. The first-order valence-corrected chi connectivity index (χ1v) is 9.98. The molecule has 0 radical (unpaired) electrons. The average Bonchev–Trinajstić information content (AvgIpc) is 2.69. The number of nitrogens with zero attached hydrogens (tertiary/aromatic N) is 3. The fourth-order valence-electron chi connectivity index (χ4n) is 3.55. The number of hydrogen-bond donors (Lipinski definition) is 3. The van der Waals surface area contributed by atoms with Gasteiger partial charge in [0.2, 0.25) is 0 Å². The number of carboxylic acid groups (broad SMARTS) is 1. The van der Waals surface area contributed by atoms with Gasteiger partial charge < -0.3 is 15.7 Å². The Hall–Kier alpha value is -2.72. The van der Waals surface area contributed by atoms with Crippen LogP contribution in [0.5, 0.6) is 0 Å².